The monoisotopic (exact) mass is 321 g/mol. The summed E-state index contributed by atoms with van der Waals surface area (Å²) >= 11 is 0. The van der Waals surface area contributed by atoms with E-state index in [1.807, 2.05) is 36.4 Å². The number of hydrogen-bond donors (Lipinski definition) is 3. The summed E-state index contributed by atoms with van der Waals surface area (Å²) in [6.07, 6.45) is 1.47. The second-order valence-electron chi connectivity index (χ2n) is 4.89. The van der Waals surface area contributed by atoms with Crippen LogP contribution in [0.5, 0.6) is 0 Å². The minimum absolute atomic E-state index is 0.270. The maximum Gasteiger partial charge on any atom is 0.346 e. The van der Waals surface area contributed by atoms with Crippen LogP contribution in [0.15, 0.2) is 72.9 Å². The maximum atomic E-state index is 12.1. The van der Waals surface area contributed by atoms with Crippen molar-refractivity contribution in [1.82, 2.24) is 9.78 Å². The van der Waals surface area contributed by atoms with Crippen molar-refractivity contribution in [3.8, 4) is 0 Å². The lowest BCUT2D eigenvalue weighted by molar-refractivity contribution is 0.250. The molecule has 0 spiro atoms. The average molecular weight is 321 g/mol. The minimum atomic E-state index is -0.435. The number of amides is 3. The molecule has 1 aromatic heterocycles. The summed E-state index contributed by atoms with van der Waals surface area (Å²) in [6.45, 7) is 0. The van der Waals surface area contributed by atoms with Crippen molar-refractivity contribution >= 4 is 29.3 Å². The predicted octanol–water partition coefficient (Wildman–Crippen LogP) is 3.61. The molecule has 1 heterocycles. The van der Waals surface area contributed by atoms with Gasteiger partial charge in [-0.3, -0.25) is 5.32 Å². The van der Waals surface area contributed by atoms with E-state index in [-0.39, 0.29) is 5.82 Å². The highest BCUT2D eigenvalue weighted by Gasteiger charge is 2.09. The van der Waals surface area contributed by atoms with E-state index < -0.39 is 12.1 Å². The lowest BCUT2D eigenvalue weighted by Crippen LogP contribution is -2.22. The summed E-state index contributed by atoms with van der Waals surface area (Å²) in [4.78, 5) is 23.9. The average Bonchev–Trinajstić information content (AvgIpc) is 3.05. The summed E-state index contributed by atoms with van der Waals surface area (Å²) in [6, 6.07) is 18.8. The molecule has 0 aliphatic rings. The number of carbonyl (C=O) groups is 2. The highest BCUT2D eigenvalue weighted by atomic mass is 16.2. The van der Waals surface area contributed by atoms with Gasteiger partial charge in [-0.2, -0.15) is 4.68 Å². The molecule has 0 unspecified atom stereocenters. The fourth-order valence-electron chi connectivity index (χ4n) is 2.01. The Balaban J connectivity index is 1.59. The zero-order valence-corrected chi connectivity index (χ0v) is 12.6. The number of nitrogens with zero attached hydrogens (tertiary/aromatic N) is 2. The molecule has 2 aromatic carbocycles. The Labute approximate surface area is 138 Å². The van der Waals surface area contributed by atoms with E-state index in [9.17, 15) is 9.59 Å². The van der Waals surface area contributed by atoms with E-state index >= 15 is 0 Å². The van der Waals surface area contributed by atoms with Crippen molar-refractivity contribution in [3.63, 3.8) is 0 Å². The predicted molar refractivity (Wildman–Crippen MR) is 92.2 cm³/mol. The molecule has 3 amide bonds. The molecule has 0 aliphatic carbocycles. The Morgan fingerprint density at radius 2 is 1.33 bits per heavy atom. The van der Waals surface area contributed by atoms with Crippen LogP contribution in [0.3, 0.4) is 0 Å². The first-order chi connectivity index (χ1) is 11.7. The van der Waals surface area contributed by atoms with Crippen molar-refractivity contribution in [2.75, 3.05) is 16.0 Å². The van der Waals surface area contributed by atoms with Gasteiger partial charge in [0, 0.05) is 23.6 Å². The van der Waals surface area contributed by atoms with E-state index in [1.165, 1.54) is 12.3 Å². The Kier molecular flexibility index (Phi) is 4.52. The number of nitrogens with one attached hydrogen (secondary N) is 3. The smallest absolute Gasteiger partial charge is 0.308 e. The van der Waals surface area contributed by atoms with E-state index in [0.29, 0.717) is 11.4 Å². The van der Waals surface area contributed by atoms with Gasteiger partial charge in [0.05, 0.1) is 0 Å². The first-order valence-electron chi connectivity index (χ1n) is 7.26. The molecule has 0 radical (unpaired) electrons. The highest BCUT2D eigenvalue weighted by molar-refractivity contribution is 5.99. The normalized spacial score (nSPS) is 10.0. The van der Waals surface area contributed by atoms with Gasteiger partial charge in [-0.15, -0.1) is 5.10 Å². The number of anilines is 3. The molecular formula is C17H15N5O2. The standard InChI is InChI=1S/C17H15N5O2/c23-16(18-13-7-3-1-4-8-13)20-15-11-12-22(21-15)17(24)19-14-9-5-2-6-10-14/h1-12H,(H,19,24)(H2,18,20,21,23). The first-order valence-corrected chi connectivity index (χ1v) is 7.26. The number of aromatic nitrogens is 2. The van der Waals surface area contributed by atoms with Gasteiger partial charge in [-0.1, -0.05) is 36.4 Å². The van der Waals surface area contributed by atoms with E-state index in [0.717, 1.165) is 4.68 Å². The fourth-order valence-corrected chi connectivity index (χ4v) is 2.01. The van der Waals surface area contributed by atoms with Crippen LogP contribution < -0.4 is 16.0 Å². The SMILES string of the molecule is O=C(Nc1ccccc1)Nc1ccn(C(=O)Nc2ccccc2)n1. The van der Waals surface area contributed by atoms with Gasteiger partial charge in [0.1, 0.15) is 0 Å². The molecule has 3 rings (SSSR count). The molecule has 24 heavy (non-hydrogen) atoms. The van der Waals surface area contributed by atoms with Crippen molar-refractivity contribution in [3.05, 3.63) is 72.9 Å². The zero-order valence-electron chi connectivity index (χ0n) is 12.6. The van der Waals surface area contributed by atoms with Crippen LogP contribution >= 0.6 is 0 Å². The molecule has 0 fully saturated rings. The van der Waals surface area contributed by atoms with Crippen LogP contribution in [0.1, 0.15) is 0 Å². The van der Waals surface area contributed by atoms with Gasteiger partial charge >= 0.3 is 12.1 Å². The largest absolute Gasteiger partial charge is 0.346 e. The van der Waals surface area contributed by atoms with Crippen LogP contribution in [0.4, 0.5) is 26.8 Å². The number of carbonyl (C=O) groups excluding carboxylic acids is 2. The molecule has 3 N–H and O–H groups in total. The molecule has 7 heteroatoms. The Bertz CT molecular complexity index is 830. The van der Waals surface area contributed by atoms with E-state index in [1.54, 1.807) is 24.3 Å². The maximum absolute atomic E-state index is 12.1. The quantitative estimate of drug-likeness (QED) is 0.688. The summed E-state index contributed by atoms with van der Waals surface area (Å²) in [5, 5.41) is 12.0. The van der Waals surface area contributed by atoms with Gasteiger partial charge < -0.3 is 10.6 Å². The molecule has 0 saturated carbocycles. The summed E-state index contributed by atoms with van der Waals surface area (Å²) < 4.78 is 1.12. The van der Waals surface area contributed by atoms with Crippen LogP contribution in [0.25, 0.3) is 0 Å². The molecule has 0 atom stereocenters. The number of benzene rings is 2. The lowest BCUT2D eigenvalue weighted by Gasteiger charge is -2.05. The summed E-state index contributed by atoms with van der Waals surface area (Å²) in [5.74, 6) is 0.270. The van der Waals surface area contributed by atoms with Gasteiger partial charge in [-0.25, -0.2) is 9.59 Å². The third kappa shape index (κ3) is 3.98. The molecular weight excluding hydrogens is 306 g/mol. The topological polar surface area (TPSA) is 88.0 Å². The number of hydrogen-bond acceptors (Lipinski definition) is 3. The van der Waals surface area contributed by atoms with Crippen LogP contribution in [0, 0.1) is 0 Å². The number of para-hydroxylation sites is 2. The zero-order chi connectivity index (χ0) is 16.8. The first kappa shape index (κ1) is 15.3. The molecule has 0 bridgehead atoms. The van der Waals surface area contributed by atoms with Crippen molar-refractivity contribution in [2.45, 2.75) is 0 Å². The third-order valence-corrected chi connectivity index (χ3v) is 3.10. The minimum Gasteiger partial charge on any atom is -0.308 e. The van der Waals surface area contributed by atoms with Gasteiger partial charge in [0.25, 0.3) is 0 Å². The third-order valence-electron chi connectivity index (χ3n) is 3.10. The Hall–Kier alpha value is -3.61. The molecule has 3 aromatic rings. The molecule has 120 valence electrons. The van der Waals surface area contributed by atoms with Gasteiger partial charge in [0.2, 0.25) is 0 Å². The van der Waals surface area contributed by atoms with Crippen LogP contribution in [0.2, 0.25) is 0 Å². The second-order valence-corrected chi connectivity index (χ2v) is 4.89. The Morgan fingerprint density at radius 1 is 0.750 bits per heavy atom. The molecule has 0 saturated heterocycles. The lowest BCUT2D eigenvalue weighted by atomic mass is 10.3. The molecule has 7 nitrogen and oxygen atoms in total. The van der Waals surface area contributed by atoms with E-state index in [4.69, 9.17) is 0 Å². The summed E-state index contributed by atoms with van der Waals surface area (Å²) in [5.41, 5.74) is 1.32. The van der Waals surface area contributed by atoms with Gasteiger partial charge in [-0.05, 0) is 24.3 Å². The molecule has 0 aliphatic heterocycles. The van der Waals surface area contributed by atoms with Crippen molar-refractivity contribution < 1.29 is 9.59 Å². The van der Waals surface area contributed by atoms with Gasteiger partial charge in [0.15, 0.2) is 5.82 Å². The highest BCUT2D eigenvalue weighted by Crippen LogP contribution is 2.09. The second kappa shape index (κ2) is 7.10. The Morgan fingerprint density at radius 3 is 1.96 bits per heavy atom. The summed E-state index contributed by atoms with van der Waals surface area (Å²) in [7, 11) is 0. The van der Waals surface area contributed by atoms with Crippen LogP contribution in [-0.4, -0.2) is 21.8 Å². The van der Waals surface area contributed by atoms with Crippen molar-refractivity contribution in [1.29, 1.82) is 0 Å². The number of urea groups is 1. The van der Waals surface area contributed by atoms with Crippen LogP contribution in [-0.2, 0) is 0 Å². The fraction of sp³-hybridized carbons (Fsp3) is 0. The van der Waals surface area contributed by atoms with E-state index in [2.05, 4.69) is 21.0 Å². The number of rotatable bonds is 3. The van der Waals surface area contributed by atoms with Crippen molar-refractivity contribution in [2.24, 2.45) is 0 Å².